The molecular formula is C20H24FNO4S. The largest absolute Gasteiger partial charge is 0.495 e. The molecule has 146 valence electrons. The predicted octanol–water partition coefficient (Wildman–Crippen LogP) is 3.45. The Morgan fingerprint density at radius 3 is 2.70 bits per heavy atom. The number of ether oxygens (including phenoxy) is 2. The van der Waals surface area contributed by atoms with Crippen LogP contribution in [0.3, 0.4) is 0 Å². The van der Waals surface area contributed by atoms with Gasteiger partial charge in [-0.25, -0.2) is 12.8 Å². The Hall–Kier alpha value is -1.96. The first-order chi connectivity index (χ1) is 13.0. The Balaban J connectivity index is 1.65. The summed E-state index contributed by atoms with van der Waals surface area (Å²) in [6, 6.07) is 13.4. The standard InChI is InChI=1S/C20H24FNO4S/c1-25-19-10-9-18(21)12-20(19)27(23,24)22-11-5-8-17(13-22)15-26-14-16-6-3-2-4-7-16/h2-4,6-7,9-10,12,17H,5,8,11,13-15H2,1H3. The van der Waals surface area contributed by atoms with Crippen molar-refractivity contribution in [2.75, 3.05) is 26.8 Å². The van der Waals surface area contributed by atoms with Gasteiger partial charge in [-0.05, 0) is 42.5 Å². The van der Waals surface area contributed by atoms with Crippen molar-refractivity contribution in [2.45, 2.75) is 24.3 Å². The van der Waals surface area contributed by atoms with Crippen molar-refractivity contribution in [3.63, 3.8) is 0 Å². The quantitative estimate of drug-likeness (QED) is 0.723. The maximum atomic E-state index is 13.6. The summed E-state index contributed by atoms with van der Waals surface area (Å²) >= 11 is 0. The van der Waals surface area contributed by atoms with Gasteiger partial charge in [-0.15, -0.1) is 0 Å². The SMILES string of the molecule is COc1ccc(F)cc1S(=O)(=O)N1CCCC(COCc2ccccc2)C1. The topological polar surface area (TPSA) is 55.8 Å². The molecule has 0 amide bonds. The summed E-state index contributed by atoms with van der Waals surface area (Å²) in [4.78, 5) is -0.129. The Morgan fingerprint density at radius 2 is 1.96 bits per heavy atom. The Kier molecular flexibility index (Phi) is 6.46. The van der Waals surface area contributed by atoms with Gasteiger partial charge in [-0.3, -0.25) is 0 Å². The summed E-state index contributed by atoms with van der Waals surface area (Å²) in [7, 11) is -2.45. The van der Waals surface area contributed by atoms with Gasteiger partial charge in [-0.1, -0.05) is 30.3 Å². The monoisotopic (exact) mass is 393 g/mol. The average Bonchev–Trinajstić information content (AvgIpc) is 2.69. The summed E-state index contributed by atoms with van der Waals surface area (Å²) < 4.78 is 51.9. The number of piperidine rings is 1. The van der Waals surface area contributed by atoms with Crippen molar-refractivity contribution in [2.24, 2.45) is 5.92 Å². The van der Waals surface area contributed by atoms with E-state index < -0.39 is 15.8 Å². The van der Waals surface area contributed by atoms with E-state index in [0.29, 0.717) is 26.3 Å². The normalized spacial score (nSPS) is 18.4. The molecule has 5 nitrogen and oxygen atoms in total. The highest BCUT2D eigenvalue weighted by Gasteiger charge is 2.32. The first kappa shape index (κ1) is 19.8. The second-order valence-corrected chi connectivity index (χ2v) is 8.57. The molecule has 27 heavy (non-hydrogen) atoms. The lowest BCUT2D eigenvalue weighted by Crippen LogP contribution is -2.41. The lowest BCUT2D eigenvalue weighted by molar-refractivity contribution is 0.0672. The van der Waals surface area contributed by atoms with Crippen LogP contribution in [0.2, 0.25) is 0 Å². The third kappa shape index (κ3) is 4.86. The maximum Gasteiger partial charge on any atom is 0.246 e. The van der Waals surface area contributed by atoms with Crippen LogP contribution < -0.4 is 4.74 Å². The first-order valence-electron chi connectivity index (χ1n) is 8.96. The maximum absolute atomic E-state index is 13.6. The third-order valence-corrected chi connectivity index (χ3v) is 6.58. The average molecular weight is 393 g/mol. The van der Waals surface area contributed by atoms with Crippen molar-refractivity contribution >= 4 is 10.0 Å². The molecule has 0 bridgehead atoms. The van der Waals surface area contributed by atoms with E-state index in [1.165, 1.54) is 23.5 Å². The smallest absolute Gasteiger partial charge is 0.246 e. The number of hydrogen-bond donors (Lipinski definition) is 0. The molecule has 0 aromatic heterocycles. The lowest BCUT2D eigenvalue weighted by atomic mass is 10.0. The zero-order valence-corrected chi connectivity index (χ0v) is 16.1. The van der Waals surface area contributed by atoms with Crippen molar-refractivity contribution < 1.29 is 22.3 Å². The number of benzene rings is 2. The molecule has 1 saturated heterocycles. The highest BCUT2D eigenvalue weighted by Crippen LogP contribution is 2.30. The fraction of sp³-hybridized carbons (Fsp3) is 0.400. The molecule has 2 aromatic carbocycles. The van der Waals surface area contributed by atoms with Gasteiger partial charge in [0.2, 0.25) is 10.0 Å². The van der Waals surface area contributed by atoms with Crippen LogP contribution in [0.4, 0.5) is 4.39 Å². The second-order valence-electron chi connectivity index (χ2n) is 6.67. The molecule has 1 heterocycles. The van der Waals surface area contributed by atoms with E-state index in [0.717, 1.165) is 24.5 Å². The molecule has 1 atom stereocenters. The molecule has 7 heteroatoms. The summed E-state index contributed by atoms with van der Waals surface area (Å²) in [5.74, 6) is -0.343. The molecule has 0 radical (unpaired) electrons. The second kappa shape index (κ2) is 8.82. The predicted molar refractivity (Wildman–Crippen MR) is 101 cm³/mol. The van der Waals surface area contributed by atoms with Crippen molar-refractivity contribution in [3.05, 3.63) is 59.9 Å². The number of hydrogen-bond acceptors (Lipinski definition) is 4. The first-order valence-corrected chi connectivity index (χ1v) is 10.4. The van der Waals surface area contributed by atoms with Gasteiger partial charge in [0.15, 0.2) is 0 Å². The molecule has 1 aliphatic rings. The van der Waals surface area contributed by atoms with Crippen LogP contribution in [0.15, 0.2) is 53.4 Å². The number of sulfonamides is 1. The molecule has 2 aromatic rings. The highest BCUT2D eigenvalue weighted by atomic mass is 32.2. The Labute approximate surface area is 159 Å². The highest BCUT2D eigenvalue weighted by molar-refractivity contribution is 7.89. The summed E-state index contributed by atoms with van der Waals surface area (Å²) in [6.07, 6.45) is 1.65. The van der Waals surface area contributed by atoms with Gasteiger partial charge in [0.05, 0.1) is 20.3 Å². The third-order valence-electron chi connectivity index (χ3n) is 4.69. The minimum atomic E-state index is -3.82. The van der Waals surface area contributed by atoms with Crippen molar-refractivity contribution in [1.29, 1.82) is 0 Å². The van der Waals surface area contributed by atoms with E-state index in [4.69, 9.17) is 9.47 Å². The molecule has 1 fully saturated rings. The zero-order chi connectivity index (χ0) is 19.3. The van der Waals surface area contributed by atoms with Gasteiger partial charge in [-0.2, -0.15) is 4.31 Å². The fourth-order valence-electron chi connectivity index (χ4n) is 3.29. The van der Waals surface area contributed by atoms with E-state index in [1.807, 2.05) is 30.3 Å². The lowest BCUT2D eigenvalue weighted by Gasteiger charge is -2.32. The fourth-order valence-corrected chi connectivity index (χ4v) is 5.01. The molecule has 1 unspecified atom stereocenters. The van der Waals surface area contributed by atoms with Gasteiger partial charge in [0.25, 0.3) is 0 Å². The van der Waals surface area contributed by atoms with Crippen LogP contribution in [-0.4, -0.2) is 39.5 Å². The van der Waals surface area contributed by atoms with Crippen molar-refractivity contribution in [3.8, 4) is 5.75 Å². The molecule has 0 saturated carbocycles. The van der Waals surface area contributed by atoms with E-state index in [9.17, 15) is 12.8 Å². The van der Waals surface area contributed by atoms with Gasteiger partial charge in [0.1, 0.15) is 16.5 Å². The minimum Gasteiger partial charge on any atom is -0.495 e. The molecule has 3 rings (SSSR count). The van der Waals surface area contributed by atoms with E-state index in [1.54, 1.807) is 0 Å². The van der Waals surface area contributed by atoms with Gasteiger partial charge >= 0.3 is 0 Å². The van der Waals surface area contributed by atoms with E-state index >= 15 is 0 Å². The van der Waals surface area contributed by atoms with Crippen LogP contribution in [0.5, 0.6) is 5.75 Å². The zero-order valence-electron chi connectivity index (χ0n) is 15.3. The number of rotatable bonds is 7. The van der Waals surface area contributed by atoms with E-state index in [-0.39, 0.29) is 16.6 Å². The molecule has 0 N–H and O–H groups in total. The molecule has 1 aliphatic heterocycles. The minimum absolute atomic E-state index is 0.108. The number of methoxy groups -OCH3 is 1. The van der Waals surface area contributed by atoms with Crippen molar-refractivity contribution in [1.82, 2.24) is 4.31 Å². The number of halogens is 1. The van der Waals surface area contributed by atoms with Crippen LogP contribution in [-0.2, 0) is 21.4 Å². The Morgan fingerprint density at radius 1 is 1.19 bits per heavy atom. The van der Waals surface area contributed by atoms with Crippen LogP contribution in [0.25, 0.3) is 0 Å². The number of nitrogens with zero attached hydrogens (tertiary/aromatic N) is 1. The Bertz CT molecular complexity index is 858. The van der Waals surface area contributed by atoms with Crippen LogP contribution in [0, 0.1) is 11.7 Å². The van der Waals surface area contributed by atoms with Crippen LogP contribution >= 0.6 is 0 Å². The summed E-state index contributed by atoms with van der Waals surface area (Å²) in [5.41, 5.74) is 1.09. The molecular weight excluding hydrogens is 369 g/mol. The summed E-state index contributed by atoms with van der Waals surface area (Å²) in [6.45, 7) is 1.76. The summed E-state index contributed by atoms with van der Waals surface area (Å²) in [5, 5.41) is 0. The van der Waals surface area contributed by atoms with E-state index in [2.05, 4.69) is 0 Å². The van der Waals surface area contributed by atoms with Gasteiger partial charge < -0.3 is 9.47 Å². The molecule has 0 aliphatic carbocycles. The van der Waals surface area contributed by atoms with Gasteiger partial charge in [0, 0.05) is 13.1 Å². The van der Waals surface area contributed by atoms with Crippen LogP contribution in [0.1, 0.15) is 18.4 Å². The molecule has 0 spiro atoms.